The van der Waals surface area contributed by atoms with Crippen molar-refractivity contribution < 1.29 is 60.4 Å². The van der Waals surface area contributed by atoms with Crippen LogP contribution >= 0.6 is 0 Å². The molecule has 0 radical (unpaired) electrons. The highest BCUT2D eigenvalue weighted by Crippen LogP contribution is 2.41. The highest BCUT2D eigenvalue weighted by Gasteiger charge is 2.35. The van der Waals surface area contributed by atoms with Crippen LogP contribution in [0.15, 0.2) is 123 Å². The molecule has 4 aromatic carbocycles. The molecule has 0 saturated heterocycles. The molecule has 36 heteroatoms. The summed E-state index contributed by atoms with van der Waals surface area (Å²) < 4.78 is 62.7. The van der Waals surface area contributed by atoms with E-state index in [2.05, 4.69) is 51.6 Å². The summed E-state index contributed by atoms with van der Waals surface area (Å²) in [5.74, 6) is -2.18. The number of primary amides is 4. The molecule has 2 aliphatic carbocycles. The fraction of sp³-hybridized carbons (Fsp3) is 0.291. The minimum absolute atomic E-state index is 0.0390. The Labute approximate surface area is 650 Å². The van der Waals surface area contributed by atoms with Crippen LogP contribution in [0.25, 0.3) is 55.0 Å². The molecule has 13 aromatic rings. The van der Waals surface area contributed by atoms with Crippen LogP contribution in [0, 0.1) is 53.4 Å². The van der Waals surface area contributed by atoms with Crippen LogP contribution in [0.1, 0.15) is 168 Å². The second-order valence-corrected chi connectivity index (χ2v) is 28.9. The van der Waals surface area contributed by atoms with Gasteiger partial charge in [-0.15, -0.1) is 0 Å². The van der Waals surface area contributed by atoms with Crippen LogP contribution in [0.5, 0.6) is 0 Å². The number of nitrogens with zero attached hydrogens (tertiary/aromatic N) is 15. The van der Waals surface area contributed by atoms with Crippen molar-refractivity contribution >= 4 is 132 Å². The number of nitrogens with one attached hydrogen (secondary N) is 4. The third-order valence-corrected chi connectivity index (χ3v) is 20.0. The summed E-state index contributed by atoms with van der Waals surface area (Å²) in [6.07, 6.45) is 7.66. The van der Waals surface area contributed by atoms with Crippen LogP contribution in [0.3, 0.4) is 0 Å². The van der Waals surface area contributed by atoms with Gasteiger partial charge in [-0.25, -0.2) is 19.9 Å². The van der Waals surface area contributed by atoms with Crippen molar-refractivity contribution in [1.29, 1.82) is 0 Å². The van der Waals surface area contributed by atoms with Crippen molar-refractivity contribution in [1.82, 2.24) is 73.1 Å². The number of imidazole rings is 3. The summed E-state index contributed by atoms with van der Waals surface area (Å²) >= 11 is 0. The number of carbonyl (C=O) groups excluding carboxylic acids is 8. The summed E-state index contributed by atoms with van der Waals surface area (Å²) in [7, 11) is 0. The van der Waals surface area contributed by atoms with Crippen LogP contribution in [-0.4, -0.2) is 127 Å². The molecule has 12 N–H and O–H groups in total. The van der Waals surface area contributed by atoms with E-state index >= 15 is 0 Å². The van der Waals surface area contributed by atoms with Crippen molar-refractivity contribution in [2.45, 2.75) is 138 Å². The first kappa shape index (κ1) is 76.3. The van der Waals surface area contributed by atoms with Gasteiger partial charge in [-0.3, -0.25) is 73.0 Å². The topological polar surface area (TPSA) is 452 Å². The van der Waals surface area contributed by atoms with Gasteiger partial charge in [0, 0.05) is 67.1 Å². The third-order valence-electron chi connectivity index (χ3n) is 20.0. The fourth-order valence-electron chi connectivity index (χ4n) is 14.4. The summed E-state index contributed by atoms with van der Waals surface area (Å²) in [6, 6.07) is 22.7. The lowest BCUT2D eigenvalue weighted by molar-refractivity contribution is -0.142. The van der Waals surface area contributed by atoms with E-state index in [-0.39, 0.29) is 94.4 Å². The molecule has 1 atom stereocenters. The minimum Gasteiger partial charge on any atom is -0.460 e. The van der Waals surface area contributed by atoms with Gasteiger partial charge in [0.05, 0.1) is 72.7 Å². The number of furan rings is 2. The SMILES string of the molecule is CCn1nc(C)cc1C(=O)Nc1nc2cc(C(N)=O)ccc2n1C/C=C/Cn1c(NC(=O)c2cc(C)nn2CC(F)(F)F)nc2cc(C(N)=O)c3oc(C)cc3c21.Cc1cc(C(=O)NC2=Nc3cc(C(N)=O)ccc3C2C/C=C/Cn2c(NC(=O)c3cc(C)nn3CC3CC3)nc3cc(C(N)=O)c4oc(C)cc4c32)n(CC2CC2)n1. The number of anilines is 3. The number of fused-ring (bicyclic) bond motifs is 8. The van der Waals surface area contributed by atoms with E-state index in [4.69, 9.17) is 41.7 Å². The van der Waals surface area contributed by atoms with Crippen molar-refractivity contribution in [3.8, 4) is 0 Å². The van der Waals surface area contributed by atoms with Gasteiger partial charge >= 0.3 is 6.18 Å². The number of benzene rings is 4. The number of hydrogen-bond acceptors (Lipinski definition) is 18. The first-order valence-electron chi connectivity index (χ1n) is 37.0. The molecule has 1 aliphatic heterocycles. The van der Waals surface area contributed by atoms with Gasteiger partial charge in [0.15, 0.2) is 0 Å². The Bertz CT molecular complexity index is 6310. The molecule has 590 valence electrons. The number of amidine groups is 1. The number of aryl methyl sites for hydroxylation is 7. The third kappa shape index (κ3) is 15.7. The molecule has 2 saturated carbocycles. The Morgan fingerprint density at radius 3 is 1.37 bits per heavy atom. The number of halogens is 3. The van der Waals surface area contributed by atoms with E-state index in [1.54, 1.807) is 111 Å². The predicted octanol–water partition coefficient (Wildman–Crippen LogP) is 10.6. The zero-order valence-electron chi connectivity index (χ0n) is 63.3. The van der Waals surface area contributed by atoms with Crippen LogP contribution in [0.4, 0.5) is 36.7 Å². The van der Waals surface area contributed by atoms with Crippen LogP contribution in [0.2, 0.25) is 0 Å². The van der Waals surface area contributed by atoms with E-state index in [1.807, 2.05) is 49.6 Å². The Morgan fingerprint density at radius 2 is 0.904 bits per heavy atom. The molecule has 10 heterocycles. The van der Waals surface area contributed by atoms with Gasteiger partial charge in [0.2, 0.25) is 29.7 Å². The Balaban J connectivity index is 0.000000181. The number of aliphatic imine (C=N–C) groups is 1. The van der Waals surface area contributed by atoms with E-state index in [0.717, 1.165) is 42.6 Å². The van der Waals surface area contributed by atoms with E-state index < -0.39 is 48.2 Å². The number of rotatable bonds is 25. The smallest absolute Gasteiger partial charge is 0.408 e. The monoisotopic (exact) mass is 1570 g/mol. The zero-order chi connectivity index (χ0) is 81.3. The van der Waals surface area contributed by atoms with Crippen molar-refractivity contribution in [3.05, 3.63) is 194 Å². The first-order chi connectivity index (χ1) is 54.9. The van der Waals surface area contributed by atoms with E-state index in [9.17, 15) is 51.5 Å². The van der Waals surface area contributed by atoms with Crippen LogP contribution in [-0.2, 0) is 45.8 Å². The first-order valence-corrected chi connectivity index (χ1v) is 37.0. The Hall–Kier alpha value is -14.1. The maximum absolute atomic E-state index is 13.9. The van der Waals surface area contributed by atoms with Gasteiger partial charge in [-0.1, -0.05) is 30.4 Å². The number of hydrogen-bond donors (Lipinski definition) is 8. The second kappa shape index (κ2) is 30.2. The molecule has 16 rings (SSSR count). The molecule has 2 fully saturated rings. The lowest BCUT2D eigenvalue weighted by atomic mass is 9.94. The van der Waals surface area contributed by atoms with Crippen molar-refractivity contribution in [3.63, 3.8) is 0 Å². The maximum Gasteiger partial charge on any atom is 0.408 e. The quantitative estimate of drug-likeness (QED) is 0.0246. The average molecular weight is 1570 g/mol. The Morgan fingerprint density at radius 1 is 0.487 bits per heavy atom. The number of nitrogens with two attached hydrogens (primary N) is 4. The molecular formula is C79H78F3N23O10. The van der Waals surface area contributed by atoms with Crippen LogP contribution < -0.4 is 44.2 Å². The molecule has 115 heavy (non-hydrogen) atoms. The molecule has 8 amide bonds. The maximum atomic E-state index is 13.9. The van der Waals surface area contributed by atoms with E-state index in [1.165, 1.54) is 25.1 Å². The lowest BCUT2D eigenvalue weighted by Gasteiger charge is -2.15. The largest absolute Gasteiger partial charge is 0.460 e. The normalized spacial score (nSPS) is 14.2. The van der Waals surface area contributed by atoms with Crippen molar-refractivity contribution in [2.75, 3.05) is 16.0 Å². The fourth-order valence-corrected chi connectivity index (χ4v) is 14.4. The van der Waals surface area contributed by atoms with Gasteiger partial charge < -0.3 is 50.8 Å². The molecule has 0 spiro atoms. The highest BCUT2D eigenvalue weighted by atomic mass is 19.4. The van der Waals surface area contributed by atoms with Gasteiger partial charge in [-0.05, 0) is 177 Å². The molecular weight excluding hydrogens is 1490 g/mol. The molecule has 33 nitrogen and oxygen atoms in total. The lowest BCUT2D eigenvalue weighted by Crippen LogP contribution is -2.34. The number of aromatic nitrogens is 14. The summed E-state index contributed by atoms with van der Waals surface area (Å²) in [6.45, 7) is 13.0. The second-order valence-electron chi connectivity index (χ2n) is 28.9. The highest BCUT2D eigenvalue weighted by molar-refractivity contribution is 6.17. The Kier molecular flexibility index (Phi) is 20.0. The molecule has 1 unspecified atom stereocenters. The summed E-state index contributed by atoms with van der Waals surface area (Å²) in [5, 5.41) is 29.9. The summed E-state index contributed by atoms with van der Waals surface area (Å²) in [4.78, 5) is 122. The predicted molar refractivity (Wildman–Crippen MR) is 418 cm³/mol. The minimum atomic E-state index is -4.65. The number of allylic oxidation sites excluding steroid dienone is 4. The number of amides is 8. The zero-order valence-corrected chi connectivity index (χ0v) is 63.3. The standard InChI is InChI=1S/C42H43N11O5.C37H35F3N12O5/c1-21-14-33(52(49-21)19-24-7-8-24)40(56)47-39-28(27-12-11-26(37(43)54)17-31(27)45-39)6-4-5-13-51-35-29-16-23(3)58-36(29)30(38(44)55)18-32(35)46-42(51)48-41(57)34-15-22(2)50-53(34)20-25-9-10-25;1-5-51-27(12-18(2)47-51)33(55)45-35-43-24-15-21(31(41)53)8-9-26(24)49(35)10-6-7-11-50-29-22-14-20(4)57-30(22)23(32(42)54)16-25(29)44-36(50)46-34(56)28-13-19(3)48-52(28)17-37(38,39)40/h4-5,11-12,14-18,24-25,28H,6-10,13,19-20H2,1-3H3,(H2,43,54)(H2,44,55)(H,45,47,56)(H,46,48,57);6-9,12-16H,5,10-11,17H2,1-4H3,(H2,41,53)(H2,42,54)(H,43,45,55)(H,44,46,56)/b5-4+;7-6+. The number of carbonyl (C=O) groups is 8. The van der Waals surface area contributed by atoms with Gasteiger partial charge in [-0.2, -0.15) is 33.6 Å². The summed E-state index contributed by atoms with van der Waals surface area (Å²) in [5.41, 5.74) is 31.2. The van der Waals surface area contributed by atoms with Gasteiger partial charge in [0.1, 0.15) is 57.8 Å². The molecule has 9 aromatic heterocycles. The van der Waals surface area contributed by atoms with Crippen molar-refractivity contribution in [2.24, 2.45) is 39.8 Å². The number of alkyl halides is 3. The molecule has 3 aliphatic rings. The van der Waals surface area contributed by atoms with E-state index in [0.29, 0.717) is 138 Å². The van der Waals surface area contributed by atoms with Gasteiger partial charge in [0.25, 0.3) is 35.4 Å². The average Bonchev–Trinajstić information content (AvgIpc) is 1.63. The molecule has 0 bridgehead atoms.